The van der Waals surface area contributed by atoms with E-state index in [0.717, 1.165) is 36.3 Å². The molecule has 4 nitrogen and oxygen atoms in total. The van der Waals surface area contributed by atoms with Crippen LogP contribution in [0.2, 0.25) is 0 Å². The molecule has 0 aromatic carbocycles. The smallest absolute Gasteiger partial charge is 0.346 e. The van der Waals surface area contributed by atoms with Crippen molar-refractivity contribution in [2.45, 2.75) is 40.0 Å². The highest BCUT2D eigenvalue weighted by Gasteiger charge is 2.24. The Morgan fingerprint density at radius 1 is 1.42 bits per heavy atom. The molecule has 0 spiro atoms. The second-order valence-corrected chi connectivity index (χ2v) is 5.99. The lowest BCUT2D eigenvalue weighted by Gasteiger charge is -2.03. The van der Waals surface area contributed by atoms with E-state index in [2.05, 4.69) is 11.9 Å². The van der Waals surface area contributed by atoms with Crippen molar-refractivity contribution in [1.82, 2.24) is 0 Å². The summed E-state index contributed by atoms with van der Waals surface area (Å²) in [7, 11) is 0. The van der Waals surface area contributed by atoms with Gasteiger partial charge in [0.2, 0.25) is 0 Å². The van der Waals surface area contributed by atoms with Gasteiger partial charge in [0.1, 0.15) is 9.88 Å². The maximum atomic E-state index is 11.7. The maximum Gasteiger partial charge on any atom is 0.346 e. The van der Waals surface area contributed by atoms with E-state index < -0.39 is 5.97 Å². The van der Waals surface area contributed by atoms with Crippen LogP contribution in [0.1, 0.15) is 58.7 Å². The van der Waals surface area contributed by atoms with Gasteiger partial charge >= 0.3 is 5.97 Å². The molecule has 1 saturated carbocycles. The standard InChI is InChI=1S/C14H17NO3S/c1-7-5-4-6-10(7)15-13-11(9(3)16)8(2)12(19-13)14(17)18/h7H,4-6H2,1-3H3,(H,17,18)/b15-10+. The highest BCUT2D eigenvalue weighted by molar-refractivity contribution is 7.18. The minimum absolute atomic E-state index is 0.119. The minimum atomic E-state index is -0.990. The van der Waals surface area contributed by atoms with Crippen molar-refractivity contribution in [3.63, 3.8) is 0 Å². The Labute approximate surface area is 116 Å². The highest BCUT2D eigenvalue weighted by Crippen LogP contribution is 2.37. The predicted molar refractivity (Wildman–Crippen MR) is 76.1 cm³/mol. The Bertz CT molecular complexity index is 571. The first kappa shape index (κ1) is 13.9. The van der Waals surface area contributed by atoms with Crippen molar-refractivity contribution in [3.8, 4) is 0 Å². The van der Waals surface area contributed by atoms with Crippen molar-refractivity contribution in [2.75, 3.05) is 0 Å². The molecular weight excluding hydrogens is 262 g/mol. The molecule has 1 aromatic rings. The Hall–Kier alpha value is -1.49. The number of hydrogen-bond acceptors (Lipinski definition) is 4. The Morgan fingerprint density at radius 3 is 2.58 bits per heavy atom. The first-order valence-electron chi connectivity index (χ1n) is 6.37. The highest BCUT2D eigenvalue weighted by atomic mass is 32.1. The zero-order chi connectivity index (χ0) is 14.2. The van der Waals surface area contributed by atoms with E-state index >= 15 is 0 Å². The number of hydrogen-bond donors (Lipinski definition) is 1. The van der Waals surface area contributed by atoms with Gasteiger partial charge in [0.25, 0.3) is 0 Å². The lowest BCUT2D eigenvalue weighted by atomic mass is 10.1. The number of nitrogens with zero attached hydrogens (tertiary/aromatic N) is 1. The summed E-state index contributed by atoms with van der Waals surface area (Å²) in [6.07, 6.45) is 3.17. The molecule has 0 radical (unpaired) electrons. The average Bonchev–Trinajstić information content (AvgIpc) is 2.84. The molecule has 1 aliphatic rings. The van der Waals surface area contributed by atoms with Crippen LogP contribution in [0, 0.1) is 12.8 Å². The van der Waals surface area contributed by atoms with Gasteiger partial charge in [-0.15, -0.1) is 11.3 Å². The number of ketones is 1. The van der Waals surface area contributed by atoms with Gasteiger partial charge in [-0.05, 0) is 44.6 Å². The summed E-state index contributed by atoms with van der Waals surface area (Å²) in [4.78, 5) is 27.7. The van der Waals surface area contributed by atoms with E-state index in [1.807, 2.05) is 0 Å². The van der Waals surface area contributed by atoms with E-state index in [1.54, 1.807) is 6.92 Å². The third-order valence-corrected chi connectivity index (χ3v) is 4.73. The maximum absolute atomic E-state index is 11.7. The molecule has 102 valence electrons. The van der Waals surface area contributed by atoms with Crippen LogP contribution in [0.4, 0.5) is 5.00 Å². The second kappa shape index (κ2) is 5.25. The molecule has 19 heavy (non-hydrogen) atoms. The first-order chi connectivity index (χ1) is 8.91. The third kappa shape index (κ3) is 2.61. The molecule has 0 bridgehead atoms. The second-order valence-electron chi connectivity index (χ2n) is 4.99. The fourth-order valence-corrected chi connectivity index (χ4v) is 3.59. The molecule has 1 heterocycles. The monoisotopic (exact) mass is 279 g/mol. The molecule has 1 aliphatic carbocycles. The van der Waals surface area contributed by atoms with Crippen LogP contribution >= 0.6 is 11.3 Å². The largest absolute Gasteiger partial charge is 0.477 e. The van der Waals surface area contributed by atoms with E-state index in [0.29, 0.717) is 22.0 Å². The number of aromatic carboxylic acids is 1. The van der Waals surface area contributed by atoms with Gasteiger partial charge in [0.05, 0.1) is 5.56 Å². The molecule has 1 N–H and O–H groups in total. The van der Waals surface area contributed by atoms with Crippen LogP contribution in [0.15, 0.2) is 4.99 Å². The molecule has 2 rings (SSSR count). The van der Waals surface area contributed by atoms with Gasteiger partial charge in [-0.2, -0.15) is 0 Å². The van der Waals surface area contributed by atoms with Crippen LogP contribution in [0.3, 0.4) is 0 Å². The number of carbonyl (C=O) groups is 2. The summed E-state index contributed by atoms with van der Waals surface area (Å²) in [5.74, 6) is -0.683. The van der Waals surface area contributed by atoms with Crippen molar-refractivity contribution >= 4 is 33.8 Å². The predicted octanol–water partition coefficient (Wildman–Crippen LogP) is 3.85. The van der Waals surface area contributed by atoms with Crippen LogP contribution in [0.25, 0.3) is 0 Å². The summed E-state index contributed by atoms with van der Waals surface area (Å²) < 4.78 is 0. The summed E-state index contributed by atoms with van der Waals surface area (Å²) in [5.41, 5.74) is 2.09. The lowest BCUT2D eigenvalue weighted by Crippen LogP contribution is -2.01. The SMILES string of the molecule is CC(=O)c1c(/N=C2\CCCC2C)sc(C(=O)O)c1C. The Kier molecular flexibility index (Phi) is 3.85. The topological polar surface area (TPSA) is 66.7 Å². The third-order valence-electron chi connectivity index (χ3n) is 3.56. The molecule has 1 fully saturated rings. The molecule has 0 aliphatic heterocycles. The Morgan fingerprint density at radius 2 is 2.11 bits per heavy atom. The average molecular weight is 279 g/mol. The number of thiophene rings is 1. The summed E-state index contributed by atoms with van der Waals surface area (Å²) in [5, 5.41) is 9.71. The number of carboxylic acid groups (broad SMARTS) is 1. The first-order valence-corrected chi connectivity index (χ1v) is 7.18. The Balaban J connectivity index is 2.53. The fraction of sp³-hybridized carbons (Fsp3) is 0.500. The van der Waals surface area contributed by atoms with E-state index in [9.17, 15) is 9.59 Å². The fourth-order valence-electron chi connectivity index (χ4n) is 2.49. The summed E-state index contributed by atoms with van der Waals surface area (Å²) in [6, 6.07) is 0. The summed E-state index contributed by atoms with van der Waals surface area (Å²) >= 11 is 1.10. The van der Waals surface area contributed by atoms with Gasteiger partial charge in [0, 0.05) is 5.71 Å². The van der Waals surface area contributed by atoms with Crippen molar-refractivity contribution < 1.29 is 14.7 Å². The lowest BCUT2D eigenvalue weighted by molar-refractivity contribution is 0.0701. The van der Waals surface area contributed by atoms with Crippen LogP contribution in [-0.4, -0.2) is 22.6 Å². The molecule has 1 unspecified atom stereocenters. The van der Waals surface area contributed by atoms with E-state index in [-0.39, 0.29) is 10.7 Å². The van der Waals surface area contributed by atoms with Gasteiger partial charge < -0.3 is 5.11 Å². The number of rotatable bonds is 3. The quantitative estimate of drug-likeness (QED) is 0.854. The molecule has 0 saturated heterocycles. The molecule has 0 amide bonds. The van der Waals surface area contributed by atoms with Crippen molar-refractivity contribution in [2.24, 2.45) is 10.9 Å². The molecule has 1 atom stereocenters. The number of carboxylic acids is 1. The molecular formula is C14H17NO3S. The number of Topliss-reactive ketones (excluding diaryl/α,β-unsaturated/α-hetero) is 1. The van der Waals surface area contributed by atoms with Crippen molar-refractivity contribution in [3.05, 3.63) is 16.0 Å². The normalized spacial score (nSPS) is 21.0. The van der Waals surface area contributed by atoms with Crippen LogP contribution in [-0.2, 0) is 0 Å². The molecule has 5 heteroatoms. The van der Waals surface area contributed by atoms with Gasteiger partial charge in [-0.1, -0.05) is 6.92 Å². The number of aliphatic imine (C=N–C) groups is 1. The number of carbonyl (C=O) groups excluding carboxylic acids is 1. The zero-order valence-electron chi connectivity index (χ0n) is 11.3. The van der Waals surface area contributed by atoms with E-state index in [4.69, 9.17) is 5.11 Å². The van der Waals surface area contributed by atoms with Gasteiger partial charge in [-0.25, -0.2) is 9.79 Å². The van der Waals surface area contributed by atoms with E-state index in [1.165, 1.54) is 6.92 Å². The zero-order valence-corrected chi connectivity index (χ0v) is 12.1. The van der Waals surface area contributed by atoms with Crippen LogP contribution < -0.4 is 0 Å². The van der Waals surface area contributed by atoms with Gasteiger partial charge in [-0.3, -0.25) is 4.79 Å². The van der Waals surface area contributed by atoms with Crippen LogP contribution in [0.5, 0.6) is 0 Å². The van der Waals surface area contributed by atoms with Crippen molar-refractivity contribution in [1.29, 1.82) is 0 Å². The molecule has 1 aromatic heterocycles. The minimum Gasteiger partial charge on any atom is -0.477 e. The van der Waals surface area contributed by atoms with Gasteiger partial charge in [0.15, 0.2) is 5.78 Å². The summed E-state index contributed by atoms with van der Waals surface area (Å²) in [6.45, 7) is 5.26.